The molecule has 0 aliphatic rings. The van der Waals surface area contributed by atoms with Crippen molar-refractivity contribution in [3.05, 3.63) is 47.5 Å². The monoisotopic (exact) mass is 307 g/mol. The first-order valence-electron chi connectivity index (χ1n) is 6.91. The highest BCUT2D eigenvalue weighted by molar-refractivity contribution is 5.92. The maximum absolute atomic E-state index is 13.3. The molecule has 1 aromatic heterocycles. The summed E-state index contributed by atoms with van der Waals surface area (Å²) in [7, 11) is 0. The van der Waals surface area contributed by atoms with Gasteiger partial charge in [-0.15, -0.1) is 0 Å². The lowest BCUT2D eigenvalue weighted by Crippen LogP contribution is -2.28. The van der Waals surface area contributed by atoms with Crippen molar-refractivity contribution in [2.75, 3.05) is 26.4 Å². The molecule has 6 nitrogen and oxygen atoms in total. The zero-order valence-electron chi connectivity index (χ0n) is 12.3. The number of amides is 1. The largest absolute Gasteiger partial charge is 0.394 e. The fourth-order valence-corrected chi connectivity index (χ4v) is 1.95. The summed E-state index contributed by atoms with van der Waals surface area (Å²) in [5.74, 6) is -0.690. The van der Waals surface area contributed by atoms with E-state index in [1.165, 1.54) is 16.8 Å². The third-order valence-electron chi connectivity index (χ3n) is 2.94. The molecule has 0 aliphatic heterocycles. The predicted octanol–water partition coefficient (Wildman–Crippen LogP) is 1.06. The molecule has 7 heteroatoms. The predicted molar refractivity (Wildman–Crippen MR) is 78.5 cm³/mol. The van der Waals surface area contributed by atoms with Crippen molar-refractivity contribution >= 4 is 5.91 Å². The van der Waals surface area contributed by atoms with Crippen molar-refractivity contribution in [2.45, 2.75) is 6.92 Å². The van der Waals surface area contributed by atoms with Crippen LogP contribution in [0.1, 0.15) is 16.2 Å². The van der Waals surface area contributed by atoms with E-state index in [0.29, 0.717) is 18.8 Å². The number of aliphatic hydroxyl groups excluding tert-OH is 1. The average Bonchev–Trinajstić information content (AvgIpc) is 2.89. The van der Waals surface area contributed by atoms with E-state index in [2.05, 4.69) is 10.4 Å². The van der Waals surface area contributed by atoms with E-state index >= 15 is 0 Å². The van der Waals surface area contributed by atoms with Gasteiger partial charge in [0.15, 0.2) is 5.69 Å². The Morgan fingerprint density at radius 3 is 2.95 bits per heavy atom. The highest BCUT2D eigenvalue weighted by atomic mass is 19.1. The molecule has 0 unspecified atom stereocenters. The Bertz CT molecular complexity index is 643. The molecule has 0 atom stereocenters. The van der Waals surface area contributed by atoms with Crippen LogP contribution in [0.2, 0.25) is 0 Å². The highest BCUT2D eigenvalue weighted by Gasteiger charge is 2.13. The molecule has 2 rings (SSSR count). The topological polar surface area (TPSA) is 76.4 Å². The van der Waals surface area contributed by atoms with Crippen LogP contribution >= 0.6 is 0 Å². The number of hydrogen-bond donors (Lipinski definition) is 2. The SMILES string of the molecule is Cc1cc(C(=O)NCCOCCO)nn1-c1cccc(F)c1. The number of aromatic nitrogens is 2. The second-order valence-electron chi connectivity index (χ2n) is 4.65. The van der Waals surface area contributed by atoms with Gasteiger partial charge in [-0.1, -0.05) is 6.07 Å². The molecular formula is C15H18FN3O3. The number of benzene rings is 1. The van der Waals surface area contributed by atoms with Gasteiger partial charge in [-0.25, -0.2) is 9.07 Å². The molecule has 2 N–H and O–H groups in total. The van der Waals surface area contributed by atoms with Crippen LogP contribution in [0, 0.1) is 12.7 Å². The number of ether oxygens (including phenoxy) is 1. The van der Waals surface area contributed by atoms with Gasteiger partial charge in [0, 0.05) is 12.2 Å². The summed E-state index contributed by atoms with van der Waals surface area (Å²) in [6, 6.07) is 7.64. The van der Waals surface area contributed by atoms with E-state index in [4.69, 9.17) is 9.84 Å². The fraction of sp³-hybridized carbons (Fsp3) is 0.333. The Kier molecular flexibility index (Phi) is 5.62. The number of carbonyl (C=O) groups excluding carboxylic acids is 1. The van der Waals surface area contributed by atoms with E-state index in [1.54, 1.807) is 25.1 Å². The molecule has 0 saturated carbocycles. The molecule has 22 heavy (non-hydrogen) atoms. The van der Waals surface area contributed by atoms with Crippen LogP contribution in [-0.2, 0) is 4.74 Å². The van der Waals surface area contributed by atoms with Gasteiger partial charge in [-0.3, -0.25) is 4.79 Å². The summed E-state index contributed by atoms with van der Waals surface area (Å²) in [6.45, 7) is 2.62. The normalized spacial score (nSPS) is 10.7. The Labute approximate surface area is 127 Å². The third kappa shape index (κ3) is 4.12. The van der Waals surface area contributed by atoms with E-state index in [0.717, 1.165) is 5.69 Å². The molecule has 2 aromatic rings. The van der Waals surface area contributed by atoms with Crippen molar-refractivity contribution in [2.24, 2.45) is 0 Å². The van der Waals surface area contributed by atoms with Crippen molar-refractivity contribution < 1.29 is 19.0 Å². The number of aryl methyl sites for hydroxylation is 1. The molecule has 0 spiro atoms. The van der Waals surface area contributed by atoms with Crippen LogP contribution in [0.5, 0.6) is 0 Å². The molecule has 0 radical (unpaired) electrons. The molecule has 1 amide bonds. The third-order valence-corrected chi connectivity index (χ3v) is 2.94. The number of carbonyl (C=O) groups is 1. The van der Waals surface area contributed by atoms with Gasteiger partial charge >= 0.3 is 0 Å². The second-order valence-corrected chi connectivity index (χ2v) is 4.65. The Balaban J connectivity index is 2.01. The zero-order valence-corrected chi connectivity index (χ0v) is 12.3. The standard InChI is InChI=1S/C15H18FN3O3/c1-11-9-14(15(21)17-5-7-22-8-6-20)18-19(11)13-4-2-3-12(16)10-13/h2-4,9-10,20H,5-8H2,1H3,(H,17,21). The molecule has 1 aromatic carbocycles. The average molecular weight is 307 g/mol. The molecule has 118 valence electrons. The van der Waals surface area contributed by atoms with Gasteiger partial charge in [-0.2, -0.15) is 5.10 Å². The van der Waals surface area contributed by atoms with E-state index < -0.39 is 0 Å². The Hall–Kier alpha value is -2.25. The highest BCUT2D eigenvalue weighted by Crippen LogP contribution is 2.13. The summed E-state index contributed by atoms with van der Waals surface area (Å²) in [6.07, 6.45) is 0. The van der Waals surface area contributed by atoms with Crippen molar-refractivity contribution in [1.29, 1.82) is 0 Å². The Morgan fingerprint density at radius 1 is 1.41 bits per heavy atom. The van der Waals surface area contributed by atoms with Gasteiger partial charge in [0.2, 0.25) is 0 Å². The van der Waals surface area contributed by atoms with Crippen molar-refractivity contribution in [3.63, 3.8) is 0 Å². The first-order chi connectivity index (χ1) is 10.6. The van der Waals surface area contributed by atoms with Crippen LogP contribution < -0.4 is 5.32 Å². The summed E-state index contributed by atoms with van der Waals surface area (Å²) in [5.41, 5.74) is 1.54. The summed E-state index contributed by atoms with van der Waals surface area (Å²) in [5, 5.41) is 15.4. The summed E-state index contributed by atoms with van der Waals surface area (Å²) >= 11 is 0. The van der Waals surface area contributed by atoms with E-state index in [1.807, 2.05) is 0 Å². The summed E-state index contributed by atoms with van der Waals surface area (Å²) in [4.78, 5) is 12.0. The minimum atomic E-state index is -0.362. The number of halogens is 1. The molecule has 0 saturated heterocycles. The Morgan fingerprint density at radius 2 is 2.23 bits per heavy atom. The van der Waals surface area contributed by atoms with Crippen LogP contribution in [0.25, 0.3) is 5.69 Å². The van der Waals surface area contributed by atoms with Gasteiger partial charge < -0.3 is 15.2 Å². The number of aliphatic hydroxyl groups is 1. The van der Waals surface area contributed by atoms with E-state index in [9.17, 15) is 9.18 Å². The minimum Gasteiger partial charge on any atom is -0.394 e. The zero-order chi connectivity index (χ0) is 15.9. The number of nitrogens with one attached hydrogen (secondary N) is 1. The minimum absolute atomic E-state index is 0.0504. The van der Waals surface area contributed by atoms with Crippen LogP contribution in [0.15, 0.2) is 30.3 Å². The molecule has 0 bridgehead atoms. The number of nitrogens with zero attached hydrogens (tertiary/aromatic N) is 2. The summed E-state index contributed by atoms with van der Waals surface area (Å²) < 4.78 is 19.8. The van der Waals surface area contributed by atoms with Gasteiger partial charge in [0.1, 0.15) is 5.82 Å². The molecular weight excluding hydrogens is 289 g/mol. The molecule has 0 fully saturated rings. The lowest BCUT2D eigenvalue weighted by molar-refractivity contribution is 0.0835. The van der Waals surface area contributed by atoms with Crippen LogP contribution in [0.4, 0.5) is 4.39 Å². The maximum atomic E-state index is 13.3. The molecule has 1 heterocycles. The first-order valence-corrected chi connectivity index (χ1v) is 6.91. The van der Waals surface area contributed by atoms with Crippen molar-refractivity contribution in [3.8, 4) is 5.69 Å². The van der Waals surface area contributed by atoms with Crippen molar-refractivity contribution in [1.82, 2.24) is 15.1 Å². The maximum Gasteiger partial charge on any atom is 0.271 e. The quantitative estimate of drug-likeness (QED) is 0.750. The number of hydrogen-bond acceptors (Lipinski definition) is 4. The number of rotatable bonds is 7. The van der Waals surface area contributed by atoms with Gasteiger partial charge in [0.25, 0.3) is 5.91 Å². The van der Waals surface area contributed by atoms with Crippen LogP contribution in [-0.4, -0.2) is 47.2 Å². The lowest BCUT2D eigenvalue weighted by atomic mass is 10.3. The van der Waals surface area contributed by atoms with Gasteiger partial charge in [-0.05, 0) is 31.2 Å². The van der Waals surface area contributed by atoms with Crippen LogP contribution in [0.3, 0.4) is 0 Å². The second kappa shape index (κ2) is 7.67. The first kappa shape index (κ1) is 16.1. The van der Waals surface area contributed by atoms with E-state index in [-0.39, 0.29) is 30.6 Å². The fourth-order valence-electron chi connectivity index (χ4n) is 1.95. The smallest absolute Gasteiger partial charge is 0.271 e. The van der Waals surface area contributed by atoms with Gasteiger partial charge in [0.05, 0.1) is 25.5 Å². The molecule has 0 aliphatic carbocycles. The lowest BCUT2D eigenvalue weighted by Gasteiger charge is -2.04.